The number of aromatic hydroxyl groups is 2. The van der Waals surface area contributed by atoms with Gasteiger partial charge in [-0.05, 0) is 35.1 Å². The van der Waals surface area contributed by atoms with Gasteiger partial charge >= 0.3 is 0 Å². The van der Waals surface area contributed by atoms with Crippen LogP contribution in [0.4, 0.5) is 0 Å². The molecule has 5 aromatic rings. The van der Waals surface area contributed by atoms with Crippen molar-refractivity contribution in [3.8, 4) is 33.6 Å². The summed E-state index contributed by atoms with van der Waals surface area (Å²) in [6.07, 6.45) is 0.565. The molecule has 164 valence electrons. The molecule has 1 amide bonds. The number of aromatic nitrogens is 3. The predicted octanol–water partition coefficient (Wildman–Crippen LogP) is 4.74. The molecule has 5 rings (SSSR count). The molecule has 0 aliphatic rings. The lowest BCUT2D eigenvalue weighted by Crippen LogP contribution is -2.27. The van der Waals surface area contributed by atoms with Gasteiger partial charge in [0.25, 0.3) is 11.8 Å². The number of para-hydroxylation sites is 1. The van der Waals surface area contributed by atoms with E-state index in [2.05, 4.69) is 26.3 Å². The molecule has 0 spiro atoms. The summed E-state index contributed by atoms with van der Waals surface area (Å²) in [5.74, 6) is -1.65. The van der Waals surface area contributed by atoms with Gasteiger partial charge < -0.3 is 20.5 Å². The van der Waals surface area contributed by atoms with Gasteiger partial charge in [0.2, 0.25) is 5.75 Å². The fraction of sp³-hybridized carbons (Fsp3) is 0.0800. The molecule has 0 bridgehead atoms. The number of carbonyl (C=O) groups excluding carboxylic acids is 1. The first kappa shape index (κ1) is 20.7. The minimum absolute atomic E-state index is 0.188. The van der Waals surface area contributed by atoms with E-state index in [4.69, 9.17) is 0 Å². The van der Waals surface area contributed by atoms with Gasteiger partial charge in [-0.2, -0.15) is 4.98 Å². The van der Waals surface area contributed by atoms with E-state index < -0.39 is 17.5 Å². The standard InChI is InChI=1S/C25H20N4O3S/c30-22-21(28-23(29-25(22)32)19-11-6-14-33-19)24(31)26-13-12-17-16-9-4-5-10-18(16)27-20(17)15-7-2-1-3-8-15/h1-11,14,27,30H,12-13H2,(H,26,31)(H,28,29,32). The van der Waals surface area contributed by atoms with Gasteiger partial charge in [0, 0.05) is 23.1 Å². The summed E-state index contributed by atoms with van der Waals surface area (Å²) in [6.45, 7) is 0.319. The van der Waals surface area contributed by atoms with Crippen LogP contribution in [0.15, 0.2) is 72.1 Å². The SMILES string of the molecule is O=C(NCCc1c(-c2ccccc2)[nH]c2ccccc12)c1nc(-c2cccs2)nc(O)c1O. The third kappa shape index (κ3) is 4.04. The van der Waals surface area contributed by atoms with Crippen molar-refractivity contribution in [1.29, 1.82) is 0 Å². The van der Waals surface area contributed by atoms with Crippen molar-refractivity contribution in [2.75, 3.05) is 6.54 Å². The number of H-pyrrole nitrogens is 1. The number of hydrogen-bond acceptors (Lipinski definition) is 6. The van der Waals surface area contributed by atoms with Crippen LogP contribution in [0.25, 0.3) is 32.9 Å². The van der Waals surface area contributed by atoms with Gasteiger partial charge in [0.1, 0.15) is 0 Å². The van der Waals surface area contributed by atoms with E-state index in [1.807, 2.05) is 60.0 Å². The average Bonchev–Trinajstić information content (AvgIpc) is 3.50. The minimum Gasteiger partial charge on any atom is -0.501 e. The Balaban J connectivity index is 1.39. The summed E-state index contributed by atoms with van der Waals surface area (Å²) < 4.78 is 0. The van der Waals surface area contributed by atoms with Crippen LogP contribution in [-0.2, 0) is 6.42 Å². The number of amides is 1. The van der Waals surface area contributed by atoms with Crippen molar-refractivity contribution in [3.63, 3.8) is 0 Å². The van der Waals surface area contributed by atoms with E-state index >= 15 is 0 Å². The summed E-state index contributed by atoms with van der Waals surface area (Å²) in [4.78, 5) is 25.0. The van der Waals surface area contributed by atoms with Crippen LogP contribution in [0.1, 0.15) is 16.1 Å². The molecule has 4 N–H and O–H groups in total. The fourth-order valence-corrected chi connectivity index (χ4v) is 4.47. The number of carbonyl (C=O) groups is 1. The molecule has 0 radical (unpaired) electrons. The van der Waals surface area contributed by atoms with Crippen molar-refractivity contribution in [1.82, 2.24) is 20.3 Å². The lowest BCUT2D eigenvalue weighted by atomic mass is 10.0. The zero-order valence-corrected chi connectivity index (χ0v) is 18.3. The maximum Gasteiger partial charge on any atom is 0.274 e. The quantitative estimate of drug-likeness (QED) is 0.295. The predicted molar refractivity (Wildman–Crippen MR) is 128 cm³/mol. The monoisotopic (exact) mass is 456 g/mol. The summed E-state index contributed by atoms with van der Waals surface area (Å²) in [6, 6.07) is 21.7. The summed E-state index contributed by atoms with van der Waals surface area (Å²) in [5.41, 5.74) is 3.93. The molecule has 0 aliphatic carbocycles. The van der Waals surface area contributed by atoms with E-state index in [1.54, 1.807) is 6.07 Å². The molecule has 0 fully saturated rings. The molecule has 33 heavy (non-hydrogen) atoms. The highest BCUT2D eigenvalue weighted by atomic mass is 32.1. The van der Waals surface area contributed by atoms with Gasteiger partial charge in [-0.3, -0.25) is 4.79 Å². The number of nitrogens with zero attached hydrogens (tertiary/aromatic N) is 2. The van der Waals surface area contributed by atoms with Crippen LogP contribution in [-0.4, -0.2) is 37.6 Å². The third-order valence-electron chi connectivity index (χ3n) is 5.36. The Labute approximate surface area is 193 Å². The molecule has 0 saturated carbocycles. The second kappa shape index (κ2) is 8.76. The minimum atomic E-state index is -0.634. The zero-order valence-electron chi connectivity index (χ0n) is 17.4. The van der Waals surface area contributed by atoms with Crippen LogP contribution in [0.3, 0.4) is 0 Å². The molecule has 7 nitrogen and oxygen atoms in total. The Hall–Kier alpha value is -4.17. The Bertz CT molecular complexity index is 1430. The second-order valence-electron chi connectivity index (χ2n) is 7.44. The van der Waals surface area contributed by atoms with Crippen molar-refractivity contribution in [2.45, 2.75) is 6.42 Å². The molecule has 3 heterocycles. The number of fused-ring (bicyclic) bond motifs is 1. The first-order valence-electron chi connectivity index (χ1n) is 10.4. The topological polar surface area (TPSA) is 111 Å². The lowest BCUT2D eigenvalue weighted by molar-refractivity contribution is 0.0945. The zero-order chi connectivity index (χ0) is 22.8. The molecular formula is C25H20N4O3S. The summed E-state index contributed by atoms with van der Waals surface area (Å²) in [5, 5.41) is 25.9. The number of aromatic amines is 1. The molecular weight excluding hydrogens is 436 g/mol. The van der Waals surface area contributed by atoms with Crippen LogP contribution in [0, 0.1) is 0 Å². The lowest BCUT2D eigenvalue weighted by Gasteiger charge is -2.09. The maximum atomic E-state index is 12.8. The number of benzene rings is 2. The Morgan fingerprint density at radius 1 is 0.970 bits per heavy atom. The fourth-order valence-electron chi connectivity index (χ4n) is 3.81. The maximum absolute atomic E-state index is 12.8. The largest absolute Gasteiger partial charge is 0.501 e. The van der Waals surface area contributed by atoms with E-state index in [0.717, 1.165) is 27.7 Å². The molecule has 0 unspecified atom stereocenters. The van der Waals surface area contributed by atoms with Crippen molar-refractivity contribution in [3.05, 3.63) is 83.4 Å². The smallest absolute Gasteiger partial charge is 0.274 e. The van der Waals surface area contributed by atoms with E-state index in [0.29, 0.717) is 17.8 Å². The second-order valence-corrected chi connectivity index (χ2v) is 8.39. The van der Waals surface area contributed by atoms with Crippen LogP contribution < -0.4 is 5.32 Å². The van der Waals surface area contributed by atoms with Gasteiger partial charge in [-0.25, -0.2) is 4.98 Å². The highest BCUT2D eigenvalue weighted by molar-refractivity contribution is 7.13. The first-order chi connectivity index (χ1) is 16.1. The molecule has 3 aromatic heterocycles. The van der Waals surface area contributed by atoms with E-state index in [1.165, 1.54) is 11.3 Å². The van der Waals surface area contributed by atoms with Crippen LogP contribution in [0.5, 0.6) is 11.6 Å². The molecule has 8 heteroatoms. The van der Waals surface area contributed by atoms with Crippen molar-refractivity contribution < 1.29 is 15.0 Å². The van der Waals surface area contributed by atoms with Gasteiger partial charge in [-0.15, -0.1) is 11.3 Å². The van der Waals surface area contributed by atoms with E-state index in [9.17, 15) is 15.0 Å². The average molecular weight is 457 g/mol. The highest BCUT2D eigenvalue weighted by Crippen LogP contribution is 2.32. The molecule has 0 aliphatic heterocycles. The van der Waals surface area contributed by atoms with Crippen molar-refractivity contribution in [2.24, 2.45) is 0 Å². The summed E-state index contributed by atoms with van der Waals surface area (Å²) in [7, 11) is 0. The van der Waals surface area contributed by atoms with E-state index in [-0.39, 0.29) is 11.5 Å². The summed E-state index contributed by atoms with van der Waals surface area (Å²) >= 11 is 1.37. The normalized spacial score (nSPS) is 11.0. The first-order valence-corrected chi connectivity index (χ1v) is 11.3. The van der Waals surface area contributed by atoms with Gasteiger partial charge in [0.15, 0.2) is 11.5 Å². The number of nitrogens with one attached hydrogen (secondary N) is 2. The number of hydrogen-bond donors (Lipinski definition) is 4. The molecule has 0 saturated heterocycles. The highest BCUT2D eigenvalue weighted by Gasteiger charge is 2.21. The van der Waals surface area contributed by atoms with Gasteiger partial charge in [-0.1, -0.05) is 54.6 Å². The van der Waals surface area contributed by atoms with Crippen LogP contribution >= 0.6 is 11.3 Å². The Morgan fingerprint density at radius 2 is 1.76 bits per heavy atom. The Morgan fingerprint density at radius 3 is 2.55 bits per heavy atom. The third-order valence-corrected chi connectivity index (χ3v) is 6.22. The Kier molecular flexibility index (Phi) is 5.50. The number of thiophene rings is 1. The van der Waals surface area contributed by atoms with Crippen molar-refractivity contribution >= 4 is 28.1 Å². The molecule has 2 aromatic carbocycles. The van der Waals surface area contributed by atoms with Gasteiger partial charge in [0.05, 0.1) is 4.88 Å². The number of rotatable bonds is 6. The van der Waals surface area contributed by atoms with Crippen LogP contribution in [0.2, 0.25) is 0 Å². The molecule has 0 atom stereocenters.